The van der Waals surface area contributed by atoms with Gasteiger partial charge >= 0.3 is 6.03 Å². The van der Waals surface area contributed by atoms with Crippen molar-refractivity contribution in [1.29, 1.82) is 0 Å². The SMILES string of the molecule is COc1ccc(C2CC3C4NN(CC(=O)Nc5cccc(C(C)=O)c5)C(=O)N4C=CN3N2)cc1. The van der Waals surface area contributed by atoms with E-state index in [0.29, 0.717) is 11.3 Å². The van der Waals surface area contributed by atoms with Crippen molar-refractivity contribution in [2.24, 2.45) is 0 Å². The van der Waals surface area contributed by atoms with Gasteiger partial charge in [-0.05, 0) is 43.2 Å². The Balaban J connectivity index is 1.23. The van der Waals surface area contributed by atoms with Crippen LogP contribution in [0.4, 0.5) is 10.5 Å². The van der Waals surface area contributed by atoms with Gasteiger partial charge in [-0.25, -0.2) is 20.7 Å². The number of hydrazine groups is 2. The number of nitrogens with zero attached hydrogens (tertiary/aromatic N) is 3. The molecule has 2 aromatic rings. The number of carbonyl (C=O) groups excluding carboxylic acids is 3. The Kier molecular flexibility index (Phi) is 5.68. The number of Topliss-reactive ketones (excluding diaryl/α,β-unsaturated/α-hetero) is 1. The summed E-state index contributed by atoms with van der Waals surface area (Å²) in [6.07, 6.45) is 4.03. The highest BCUT2D eigenvalue weighted by Gasteiger charge is 2.48. The fourth-order valence-corrected chi connectivity index (χ4v) is 4.55. The number of amides is 3. The van der Waals surface area contributed by atoms with E-state index in [1.54, 1.807) is 42.5 Å². The fraction of sp³-hybridized carbons (Fsp3) is 0.292. The van der Waals surface area contributed by atoms with Gasteiger partial charge in [0, 0.05) is 23.7 Å². The predicted molar refractivity (Wildman–Crippen MR) is 124 cm³/mol. The van der Waals surface area contributed by atoms with Crippen molar-refractivity contribution in [1.82, 2.24) is 25.8 Å². The summed E-state index contributed by atoms with van der Waals surface area (Å²) in [6, 6.07) is 14.4. The van der Waals surface area contributed by atoms with Crippen LogP contribution >= 0.6 is 0 Å². The summed E-state index contributed by atoms with van der Waals surface area (Å²) in [6.45, 7) is 1.31. The third-order valence-corrected chi connectivity index (χ3v) is 6.30. The molecule has 10 nitrogen and oxygen atoms in total. The number of benzene rings is 2. The molecule has 0 aromatic heterocycles. The third-order valence-electron chi connectivity index (χ3n) is 6.30. The lowest BCUT2D eigenvalue weighted by atomic mass is 10.00. The van der Waals surface area contributed by atoms with Crippen LogP contribution in [0, 0.1) is 0 Å². The third kappa shape index (κ3) is 4.09. The van der Waals surface area contributed by atoms with Crippen LogP contribution in [0.1, 0.15) is 35.3 Å². The number of rotatable bonds is 6. The summed E-state index contributed by atoms with van der Waals surface area (Å²) in [4.78, 5) is 38.8. The normalized spacial score (nSPS) is 23.1. The molecule has 0 saturated carbocycles. The molecule has 2 saturated heterocycles. The minimum atomic E-state index is -0.358. The summed E-state index contributed by atoms with van der Waals surface area (Å²) in [5.41, 5.74) is 8.82. The van der Waals surface area contributed by atoms with Crippen LogP contribution in [0.25, 0.3) is 0 Å². The summed E-state index contributed by atoms with van der Waals surface area (Å²) in [5, 5.41) is 6.09. The van der Waals surface area contributed by atoms with Gasteiger partial charge in [0.25, 0.3) is 0 Å². The molecule has 3 N–H and O–H groups in total. The molecule has 3 aliphatic heterocycles. The first-order valence-electron chi connectivity index (χ1n) is 11.1. The minimum Gasteiger partial charge on any atom is -0.497 e. The summed E-state index contributed by atoms with van der Waals surface area (Å²) in [5.74, 6) is 0.359. The van der Waals surface area contributed by atoms with Gasteiger partial charge in [0.15, 0.2) is 5.78 Å². The van der Waals surface area contributed by atoms with Gasteiger partial charge in [-0.1, -0.05) is 24.3 Å². The first kappa shape index (κ1) is 21.9. The average molecular weight is 463 g/mol. The Morgan fingerprint density at radius 1 is 1.12 bits per heavy atom. The molecule has 5 rings (SSSR count). The zero-order chi connectivity index (χ0) is 23.8. The highest BCUT2D eigenvalue weighted by atomic mass is 16.5. The lowest BCUT2D eigenvalue weighted by molar-refractivity contribution is -0.117. The average Bonchev–Trinajstić information content (AvgIpc) is 3.41. The molecule has 3 heterocycles. The number of urea groups is 1. The number of nitrogens with one attached hydrogen (secondary N) is 3. The second-order valence-electron chi connectivity index (χ2n) is 8.50. The monoisotopic (exact) mass is 462 g/mol. The second-order valence-corrected chi connectivity index (χ2v) is 8.50. The van der Waals surface area contributed by atoms with Gasteiger partial charge < -0.3 is 15.1 Å². The van der Waals surface area contributed by atoms with Crippen molar-refractivity contribution in [3.05, 3.63) is 72.1 Å². The number of ketones is 1. The standard InChI is InChI=1S/C24H26N6O4/c1-15(31)17-4-3-5-18(12-17)25-22(32)14-30-24(33)28-10-11-29-21(23(28)27-30)13-20(26-29)16-6-8-19(34-2)9-7-16/h3-12,20-21,23,26-27H,13-14H2,1-2H3,(H,25,32). The molecule has 0 radical (unpaired) electrons. The van der Waals surface area contributed by atoms with Crippen molar-refractivity contribution in [3.63, 3.8) is 0 Å². The minimum absolute atomic E-state index is 0.0126. The van der Waals surface area contributed by atoms with E-state index in [1.165, 1.54) is 11.9 Å². The maximum Gasteiger partial charge on any atom is 0.340 e. The van der Waals surface area contributed by atoms with E-state index in [9.17, 15) is 14.4 Å². The van der Waals surface area contributed by atoms with Crippen LogP contribution in [0.5, 0.6) is 5.75 Å². The molecular weight excluding hydrogens is 436 g/mol. The Bertz CT molecular complexity index is 1150. The summed E-state index contributed by atoms with van der Waals surface area (Å²) < 4.78 is 5.24. The van der Waals surface area contributed by atoms with E-state index in [1.807, 2.05) is 35.5 Å². The van der Waals surface area contributed by atoms with E-state index >= 15 is 0 Å². The summed E-state index contributed by atoms with van der Waals surface area (Å²) in [7, 11) is 1.64. The van der Waals surface area contributed by atoms with E-state index in [4.69, 9.17) is 4.74 Å². The zero-order valence-electron chi connectivity index (χ0n) is 18.9. The molecule has 2 fully saturated rings. The predicted octanol–water partition coefficient (Wildman–Crippen LogP) is 2.21. The van der Waals surface area contributed by atoms with E-state index < -0.39 is 0 Å². The molecule has 176 valence electrons. The molecule has 0 bridgehead atoms. The van der Waals surface area contributed by atoms with Crippen molar-refractivity contribution in [2.45, 2.75) is 31.6 Å². The van der Waals surface area contributed by atoms with Crippen LogP contribution in [0.15, 0.2) is 60.9 Å². The molecule has 2 aromatic carbocycles. The lowest BCUT2D eigenvalue weighted by Gasteiger charge is -2.34. The van der Waals surface area contributed by atoms with Gasteiger partial charge in [-0.15, -0.1) is 0 Å². The number of methoxy groups -OCH3 is 1. The molecular formula is C24H26N6O4. The van der Waals surface area contributed by atoms with Crippen molar-refractivity contribution in [2.75, 3.05) is 19.0 Å². The van der Waals surface area contributed by atoms with E-state index in [2.05, 4.69) is 16.2 Å². The largest absolute Gasteiger partial charge is 0.497 e. The van der Waals surface area contributed by atoms with Gasteiger partial charge in [0.2, 0.25) is 5.91 Å². The Morgan fingerprint density at radius 2 is 1.91 bits per heavy atom. The smallest absolute Gasteiger partial charge is 0.340 e. The molecule has 0 aliphatic carbocycles. The van der Waals surface area contributed by atoms with Crippen LogP contribution < -0.4 is 20.9 Å². The van der Waals surface area contributed by atoms with E-state index in [-0.39, 0.29) is 42.5 Å². The molecule has 0 spiro atoms. The number of anilines is 1. The van der Waals surface area contributed by atoms with Crippen molar-refractivity contribution >= 4 is 23.4 Å². The Morgan fingerprint density at radius 3 is 2.65 bits per heavy atom. The Labute approximate surface area is 197 Å². The zero-order valence-corrected chi connectivity index (χ0v) is 18.9. The van der Waals surface area contributed by atoms with Crippen LogP contribution in [-0.4, -0.2) is 58.5 Å². The molecule has 34 heavy (non-hydrogen) atoms. The van der Waals surface area contributed by atoms with Gasteiger partial charge in [-0.3, -0.25) is 14.5 Å². The molecule has 3 atom stereocenters. The van der Waals surface area contributed by atoms with Crippen LogP contribution in [0.2, 0.25) is 0 Å². The molecule has 10 heteroatoms. The second kappa shape index (κ2) is 8.81. The Hall–Kier alpha value is -3.89. The quantitative estimate of drug-likeness (QED) is 0.565. The van der Waals surface area contributed by atoms with Gasteiger partial charge in [-0.2, -0.15) is 0 Å². The lowest BCUT2D eigenvalue weighted by Crippen LogP contribution is -2.54. The number of fused-ring (bicyclic) bond motifs is 3. The number of ether oxygens (including phenoxy) is 1. The van der Waals surface area contributed by atoms with E-state index in [0.717, 1.165) is 17.7 Å². The molecule has 3 aliphatic rings. The van der Waals surface area contributed by atoms with Crippen molar-refractivity contribution in [3.8, 4) is 5.75 Å². The van der Waals surface area contributed by atoms with Gasteiger partial charge in [0.05, 0.1) is 19.2 Å². The first-order chi connectivity index (χ1) is 16.4. The topological polar surface area (TPSA) is 106 Å². The maximum atomic E-state index is 12.9. The number of hydrogen-bond donors (Lipinski definition) is 3. The number of carbonyl (C=O) groups is 3. The van der Waals surface area contributed by atoms with Crippen LogP contribution in [0.3, 0.4) is 0 Å². The highest BCUT2D eigenvalue weighted by Crippen LogP contribution is 2.35. The van der Waals surface area contributed by atoms with Crippen LogP contribution in [-0.2, 0) is 4.79 Å². The maximum absolute atomic E-state index is 12.9. The molecule has 3 amide bonds. The first-order valence-corrected chi connectivity index (χ1v) is 11.1. The highest BCUT2D eigenvalue weighted by molar-refractivity contribution is 5.98. The van der Waals surface area contributed by atoms with Gasteiger partial charge in [0.1, 0.15) is 18.5 Å². The molecule has 3 unspecified atom stereocenters. The van der Waals surface area contributed by atoms with Crippen molar-refractivity contribution < 1.29 is 19.1 Å². The number of hydrogen-bond acceptors (Lipinski definition) is 7. The fourth-order valence-electron chi connectivity index (χ4n) is 4.55. The summed E-state index contributed by atoms with van der Waals surface area (Å²) >= 11 is 0.